The fourth-order valence-corrected chi connectivity index (χ4v) is 1.66. The van der Waals surface area contributed by atoms with Crippen molar-refractivity contribution in [1.82, 2.24) is 0 Å². The number of phenols is 1. The van der Waals surface area contributed by atoms with Crippen LogP contribution >= 0.6 is 0 Å². The van der Waals surface area contributed by atoms with Gasteiger partial charge in [-0.1, -0.05) is 18.2 Å². The molecular weight excluding hydrogens is 247 g/mol. The van der Waals surface area contributed by atoms with Crippen LogP contribution in [-0.2, 0) is 6.54 Å². The standard InChI is InChI=1S/C14H13FN2O2/c15-11-2-1-3-12(18)13(11)14(19)17-10-6-4-9(8-16)5-7-10/h1-7,18H,8,16H2,(H,17,19). The first-order valence-corrected chi connectivity index (χ1v) is 5.69. The van der Waals surface area contributed by atoms with Gasteiger partial charge in [0.2, 0.25) is 0 Å². The van der Waals surface area contributed by atoms with Crippen molar-refractivity contribution in [3.63, 3.8) is 0 Å². The van der Waals surface area contributed by atoms with E-state index in [0.29, 0.717) is 12.2 Å². The third kappa shape index (κ3) is 2.89. The van der Waals surface area contributed by atoms with Crippen molar-refractivity contribution in [2.24, 2.45) is 5.73 Å². The first-order chi connectivity index (χ1) is 9.11. The summed E-state index contributed by atoms with van der Waals surface area (Å²) in [6, 6.07) is 10.6. The van der Waals surface area contributed by atoms with Crippen LogP contribution in [0.2, 0.25) is 0 Å². The zero-order chi connectivity index (χ0) is 13.8. The molecule has 0 saturated carbocycles. The smallest absolute Gasteiger partial charge is 0.262 e. The molecule has 2 rings (SSSR count). The highest BCUT2D eigenvalue weighted by molar-refractivity contribution is 6.06. The maximum absolute atomic E-state index is 13.5. The average molecular weight is 260 g/mol. The van der Waals surface area contributed by atoms with Crippen molar-refractivity contribution >= 4 is 11.6 Å². The van der Waals surface area contributed by atoms with Crippen LogP contribution in [0.15, 0.2) is 42.5 Å². The molecule has 0 bridgehead atoms. The van der Waals surface area contributed by atoms with Crippen LogP contribution < -0.4 is 11.1 Å². The van der Waals surface area contributed by atoms with Crippen molar-refractivity contribution in [2.75, 3.05) is 5.32 Å². The normalized spacial score (nSPS) is 10.2. The van der Waals surface area contributed by atoms with Crippen LogP contribution in [0.4, 0.5) is 10.1 Å². The number of amides is 1. The Labute approximate surface area is 109 Å². The summed E-state index contributed by atoms with van der Waals surface area (Å²) in [5.74, 6) is -1.86. The molecule has 5 heteroatoms. The Hall–Kier alpha value is -2.40. The summed E-state index contributed by atoms with van der Waals surface area (Å²) in [5.41, 5.74) is 6.52. The molecule has 0 radical (unpaired) electrons. The molecule has 0 atom stereocenters. The van der Waals surface area contributed by atoms with Crippen LogP contribution in [0, 0.1) is 5.82 Å². The number of rotatable bonds is 3. The summed E-state index contributed by atoms with van der Waals surface area (Å²) < 4.78 is 13.5. The van der Waals surface area contributed by atoms with Gasteiger partial charge in [-0.25, -0.2) is 4.39 Å². The molecule has 2 aromatic carbocycles. The molecule has 0 aliphatic heterocycles. The van der Waals surface area contributed by atoms with Gasteiger partial charge in [0.25, 0.3) is 5.91 Å². The minimum atomic E-state index is -0.768. The lowest BCUT2D eigenvalue weighted by atomic mass is 10.1. The second kappa shape index (κ2) is 5.49. The quantitative estimate of drug-likeness (QED) is 0.792. The van der Waals surface area contributed by atoms with Gasteiger partial charge in [-0.2, -0.15) is 0 Å². The third-order valence-electron chi connectivity index (χ3n) is 2.67. The molecule has 4 nitrogen and oxygen atoms in total. The fraction of sp³-hybridized carbons (Fsp3) is 0.0714. The Morgan fingerprint density at radius 2 is 1.89 bits per heavy atom. The lowest BCUT2D eigenvalue weighted by Gasteiger charge is -2.08. The summed E-state index contributed by atoms with van der Waals surface area (Å²) >= 11 is 0. The monoisotopic (exact) mass is 260 g/mol. The van der Waals surface area contributed by atoms with E-state index in [0.717, 1.165) is 11.6 Å². The van der Waals surface area contributed by atoms with E-state index in [2.05, 4.69) is 5.32 Å². The highest BCUT2D eigenvalue weighted by Gasteiger charge is 2.16. The maximum Gasteiger partial charge on any atom is 0.262 e. The highest BCUT2D eigenvalue weighted by atomic mass is 19.1. The number of aromatic hydroxyl groups is 1. The molecule has 98 valence electrons. The first-order valence-electron chi connectivity index (χ1n) is 5.69. The number of nitrogens with two attached hydrogens (primary N) is 1. The zero-order valence-electron chi connectivity index (χ0n) is 10.1. The predicted octanol–water partition coefficient (Wildman–Crippen LogP) is 2.24. The van der Waals surface area contributed by atoms with Gasteiger partial charge < -0.3 is 16.2 Å². The Bertz CT molecular complexity index is 577. The van der Waals surface area contributed by atoms with Crippen LogP contribution in [0.25, 0.3) is 0 Å². The molecule has 0 saturated heterocycles. The van der Waals surface area contributed by atoms with Gasteiger partial charge in [0, 0.05) is 12.2 Å². The number of carbonyl (C=O) groups is 1. The first kappa shape index (κ1) is 13.0. The van der Waals surface area contributed by atoms with E-state index in [1.54, 1.807) is 24.3 Å². The van der Waals surface area contributed by atoms with Gasteiger partial charge in [0.05, 0.1) is 0 Å². The second-order valence-electron chi connectivity index (χ2n) is 3.99. The maximum atomic E-state index is 13.5. The number of carbonyl (C=O) groups excluding carboxylic acids is 1. The van der Waals surface area contributed by atoms with Gasteiger partial charge in [0.15, 0.2) is 0 Å². The summed E-state index contributed by atoms with van der Waals surface area (Å²) in [4.78, 5) is 11.9. The molecule has 0 aromatic heterocycles. The molecule has 19 heavy (non-hydrogen) atoms. The summed E-state index contributed by atoms with van der Waals surface area (Å²) in [6.45, 7) is 0.405. The van der Waals surface area contributed by atoms with Crippen molar-refractivity contribution in [3.8, 4) is 5.75 Å². The van der Waals surface area contributed by atoms with Gasteiger partial charge in [0.1, 0.15) is 17.1 Å². The molecule has 2 aromatic rings. The Morgan fingerprint density at radius 3 is 2.47 bits per heavy atom. The topological polar surface area (TPSA) is 75.3 Å². The van der Waals surface area contributed by atoms with Gasteiger partial charge >= 0.3 is 0 Å². The van der Waals surface area contributed by atoms with Crippen LogP contribution in [-0.4, -0.2) is 11.0 Å². The number of hydrogen-bond donors (Lipinski definition) is 3. The zero-order valence-corrected chi connectivity index (χ0v) is 10.1. The lowest BCUT2D eigenvalue weighted by molar-refractivity contribution is 0.102. The number of hydrogen-bond acceptors (Lipinski definition) is 3. The molecule has 0 fully saturated rings. The fourth-order valence-electron chi connectivity index (χ4n) is 1.66. The van der Waals surface area contributed by atoms with Crippen molar-refractivity contribution in [3.05, 3.63) is 59.4 Å². The van der Waals surface area contributed by atoms with Gasteiger partial charge in [-0.15, -0.1) is 0 Å². The molecule has 0 aliphatic carbocycles. The van der Waals surface area contributed by atoms with Crippen molar-refractivity contribution in [1.29, 1.82) is 0 Å². The molecule has 4 N–H and O–H groups in total. The number of benzene rings is 2. The second-order valence-corrected chi connectivity index (χ2v) is 3.99. The summed E-state index contributed by atoms with van der Waals surface area (Å²) in [6.07, 6.45) is 0. The Morgan fingerprint density at radius 1 is 1.21 bits per heavy atom. The summed E-state index contributed by atoms with van der Waals surface area (Å²) in [5, 5.41) is 12.0. The third-order valence-corrected chi connectivity index (χ3v) is 2.67. The highest BCUT2D eigenvalue weighted by Crippen LogP contribution is 2.21. The van der Waals surface area contributed by atoms with Crippen molar-refractivity contribution in [2.45, 2.75) is 6.54 Å². The van der Waals surface area contributed by atoms with E-state index in [9.17, 15) is 14.3 Å². The predicted molar refractivity (Wildman–Crippen MR) is 70.4 cm³/mol. The van der Waals surface area contributed by atoms with E-state index in [1.165, 1.54) is 12.1 Å². The molecule has 1 amide bonds. The minimum absolute atomic E-state index is 0.370. The van der Waals surface area contributed by atoms with Crippen LogP contribution in [0.1, 0.15) is 15.9 Å². The van der Waals surface area contributed by atoms with E-state index >= 15 is 0 Å². The number of anilines is 1. The van der Waals surface area contributed by atoms with Gasteiger partial charge in [-0.3, -0.25) is 4.79 Å². The Balaban J connectivity index is 2.21. The molecule has 0 aliphatic rings. The number of phenolic OH excluding ortho intramolecular Hbond substituents is 1. The Kier molecular flexibility index (Phi) is 3.77. The largest absolute Gasteiger partial charge is 0.507 e. The molecular formula is C14H13FN2O2. The van der Waals surface area contributed by atoms with Crippen LogP contribution in [0.3, 0.4) is 0 Å². The number of nitrogens with one attached hydrogen (secondary N) is 1. The summed E-state index contributed by atoms with van der Waals surface area (Å²) in [7, 11) is 0. The average Bonchev–Trinajstić information content (AvgIpc) is 2.39. The molecule has 0 spiro atoms. The van der Waals surface area contributed by atoms with E-state index in [1.807, 2.05) is 0 Å². The van der Waals surface area contributed by atoms with Gasteiger partial charge in [-0.05, 0) is 29.8 Å². The minimum Gasteiger partial charge on any atom is -0.507 e. The lowest BCUT2D eigenvalue weighted by Crippen LogP contribution is -2.14. The molecule has 0 heterocycles. The van der Waals surface area contributed by atoms with E-state index in [4.69, 9.17) is 5.73 Å². The van der Waals surface area contributed by atoms with Crippen LogP contribution in [0.5, 0.6) is 5.75 Å². The number of halogens is 1. The van der Waals surface area contributed by atoms with E-state index in [-0.39, 0.29) is 5.56 Å². The van der Waals surface area contributed by atoms with Crippen molar-refractivity contribution < 1.29 is 14.3 Å². The van der Waals surface area contributed by atoms with E-state index < -0.39 is 17.5 Å². The molecule has 0 unspecified atom stereocenters. The SMILES string of the molecule is NCc1ccc(NC(=O)c2c(O)cccc2F)cc1.